The number of benzene rings is 1. The fourth-order valence-electron chi connectivity index (χ4n) is 3.44. The molecule has 4 heterocycles. The van der Waals surface area contributed by atoms with Crippen LogP contribution in [0.5, 0.6) is 5.88 Å². The van der Waals surface area contributed by atoms with Crippen molar-refractivity contribution in [2.45, 2.75) is 6.18 Å². The van der Waals surface area contributed by atoms with Crippen molar-refractivity contribution in [2.75, 3.05) is 12.4 Å². The first kappa shape index (κ1) is 22.0. The Morgan fingerprint density at radius 3 is 2.46 bits per heavy atom. The number of carbonyl (C=O) groups excluding carboxylic acids is 1. The molecule has 1 amide bonds. The molecule has 13 heteroatoms. The number of nitrogens with zero attached hydrogens (tertiary/aromatic N) is 7. The van der Waals surface area contributed by atoms with Crippen LogP contribution in [0.2, 0.25) is 0 Å². The number of anilines is 1. The third kappa shape index (κ3) is 4.14. The van der Waals surface area contributed by atoms with Crippen molar-refractivity contribution in [2.24, 2.45) is 0 Å². The molecule has 5 aromatic rings. The Kier molecular flexibility index (Phi) is 5.35. The molecule has 0 saturated carbocycles. The molecule has 10 nitrogen and oxygen atoms in total. The van der Waals surface area contributed by atoms with Crippen molar-refractivity contribution >= 4 is 22.6 Å². The van der Waals surface area contributed by atoms with Gasteiger partial charge in [0.1, 0.15) is 12.1 Å². The smallest absolute Gasteiger partial charge is 0.434 e. The van der Waals surface area contributed by atoms with Gasteiger partial charge in [-0.2, -0.15) is 18.3 Å². The lowest BCUT2D eigenvalue weighted by atomic mass is 10.2. The minimum Gasteiger partial charge on any atom is -0.480 e. The number of rotatable bonds is 5. The van der Waals surface area contributed by atoms with Gasteiger partial charge in [-0.25, -0.2) is 14.6 Å². The first-order valence-corrected chi connectivity index (χ1v) is 10.1. The molecular weight excluding hydrogens is 465 g/mol. The highest BCUT2D eigenvalue weighted by atomic mass is 19.4. The van der Waals surface area contributed by atoms with Gasteiger partial charge in [0, 0.05) is 6.07 Å². The van der Waals surface area contributed by atoms with Crippen LogP contribution in [0, 0.1) is 0 Å². The maximum atomic E-state index is 13.9. The predicted molar refractivity (Wildman–Crippen MR) is 118 cm³/mol. The maximum Gasteiger partial charge on any atom is 0.434 e. The second-order valence-electron chi connectivity index (χ2n) is 7.21. The quantitative estimate of drug-likeness (QED) is 0.408. The molecule has 0 aliphatic heterocycles. The number of nitrogens with one attached hydrogen (secondary N) is 1. The lowest BCUT2D eigenvalue weighted by Crippen LogP contribution is -2.21. The molecule has 0 unspecified atom stereocenters. The molecule has 4 aromatic heterocycles. The van der Waals surface area contributed by atoms with E-state index >= 15 is 0 Å². The minimum absolute atomic E-state index is 0.118. The van der Waals surface area contributed by atoms with Gasteiger partial charge in [0.25, 0.3) is 5.91 Å². The van der Waals surface area contributed by atoms with Crippen LogP contribution in [-0.2, 0) is 6.18 Å². The van der Waals surface area contributed by atoms with Crippen LogP contribution < -0.4 is 10.1 Å². The third-order valence-corrected chi connectivity index (χ3v) is 5.04. The van der Waals surface area contributed by atoms with Crippen LogP contribution in [0.3, 0.4) is 0 Å². The van der Waals surface area contributed by atoms with Crippen molar-refractivity contribution in [3.63, 3.8) is 0 Å². The number of pyridine rings is 1. The third-order valence-electron chi connectivity index (χ3n) is 5.04. The summed E-state index contributed by atoms with van der Waals surface area (Å²) in [6.45, 7) is 0. The summed E-state index contributed by atoms with van der Waals surface area (Å²) in [5.41, 5.74) is -0.150. The number of hydrogen-bond acceptors (Lipinski definition) is 7. The lowest BCUT2D eigenvalue weighted by molar-refractivity contribution is -0.143. The first-order chi connectivity index (χ1) is 16.8. The van der Waals surface area contributed by atoms with Crippen LogP contribution in [0.25, 0.3) is 22.7 Å². The molecule has 0 radical (unpaired) electrons. The van der Waals surface area contributed by atoms with Gasteiger partial charge in [-0.1, -0.05) is 12.1 Å². The fourth-order valence-corrected chi connectivity index (χ4v) is 3.44. The largest absolute Gasteiger partial charge is 0.480 e. The monoisotopic (exact) mass is 480 g/mol. The van der Waals surface area contributed by atoms with Gasteiger partial charge in [0.2, 0.25) is 5.88 Å². The number of fused-ring (bicyclic) bond motifs is 1. The molecule has 1 N–H and O–H groups in total. The number of carbonyl (C=O) groups is 1. The van der Waals surface area contributed by atoms with Crippen LogP contribution in [-0.4, -0.2) is 47.5 Å². The summed E-state index contributed by atoms with van der Waals surface area (Å²) >= 11 is 0. The Morgan fingerprint density at radius 2 is 1.77 bits per heavy atom. The molecule has 0 aliphatic carbocycles. The molecule has 0 atom stereocenters. The average molecular weight is 480 g/mol. The zero-order valence-electron chi connectivity index (χ0n) is 17.9. The molecule has 5 rings (SSSR count). The highest BCUT2D eigenvalue weighted by Crippen LogP contribution is 2.33. The number of hydrogen-bond donors (Lipinski definition) is 1. The lowest BCUT2D eigenvalue weighted by Gasteiger charge is -2.12. The highest BCUT2D eigenvalue weighted by Gasteiger charge is 2.41. The van der Waals surface area contributed by atoms with E-state index in [1.807, 2.05) is 24.3 Å². The molecule has 176 valence electrons. The molecule has 0 saturated heterocycles. The van der Waals surface area contributed by atoms with Gasteiger partial charge in [0.15, 0.2) is 11.5 Å². The first-order valence-electron chi connectivity index (χ1n) is 10.1. The molecule has 0 bridgehead atoms. The second-order valence-corrected chi connectivity index (χ2v) is 7.21. The summed E-state index contributed by atoms with van der Waals surface area (Å²) in [5.74, 6) is -0.589. The van der Waals surface area contributed by atoms with Crippen molar-refractivity contribution in [1.82, 2.24) is 34.5 Å². The van der Waals surface area contributed by atoms with Gasteiger partial charge in [-0.3, -0.25) is 9.36 Å². The Bertz CT molecular complexity index is 1510. The summed E-state index contributed by atoms with van der Waals surface area (Å²) in [7, 11) is 1.35. The number of aromatic nitrogens is 7. The minimum atomic E-state index is -4.89. The zero-order valence-corrected chi connectivity index (χ0v) is 17.9. The highest BCUT2D eigenvalue weighted by molar-refractivity contribution is 6.05. The predicted octanol–water partition coefficient (Wildman–Crippen LogP) is 3.68. The number of ether oxygens (including phenoxy) is 1. The van der Waals surface area contributed by atoms with Gasteiger partial charge in [-0.15, -0.1) is 10.2 Å². The number of methoxy groups -OCH3 is 1. The van der Waals surface area contributed by atoms with E-state index in [0.717, 1.165) is 17.2 Å². The van der Waals surface area contributed by atoms with E-state index in [0.29, 0.717) is 10.5 Å². The number of para-hydroxylation sites is 2. The SMILES string of the molecule is COc1ccc(-n2ncc(C(=O)Nc3ccc(-n4cnc5ccccc54)nc3)c2C(F)(F)F)nn1. The summed E-state index contributed by atoms with van der Waals surface area (Å²) < 4.78 is 48.8. The van der Waals surface area contributed by atoms with E-state index in [1.54, 1.807) is 17.0 Å². The summed E-state index contributed by atoms with van der Waals surface area (Å²) in [5, 5.41) is 13.5. The molecule has 0 fully saturated rings. The summed E-state index contributed by atoms with van der Waals surface area (Å²) in [6, 6.07) is 13.2. The van der Waals surface area contributed by atoms with Gasteiger partial charge >= 0.3 is 6.18 Å². The Morgan fingerprint density at radius 1 is 0.971 bits per heavy atom. The standard InChI is InChI=1S/C22H15F3N8O2/c1-35-19-9-8-18(30-31-19)33-20(22(23,24)25)14(11-28-33)21(34)29-13-6-7-17(26-10-13)32-12-27-15-4-2-3-5-16(15)32/h2-12H,1H3,(H,29,34). The van der Waals surface area contributed by atoms with Crippen LogP contribution in [0.1, 0.15) is 16.1 Å². The summed E-state index contributed by atoms with van der Waals surface area (Å²) in [6.07, 6.45) is -1.12. The van der Waals surface area contributed by atoms with E-state index in [9.17, 15) is 18.0 Å². The van der Waals surface area contributed by atoms with E-state index in [4.69, 9.17) is 4.74 Å². The van der Waals surface area contributed by atoms with Gasteiger partial charge in [-0.05, 0) is 30.3 Å². The Balaban J connectivity index is 1.42. The van der Waals surface area contributed by atoms with E-state index < -0.39 is 23.3 Å². The van der Waals surface area contributed by atoms with Crippen LogP contribution in [0.15, 0.2) is 67.3 Å². The van der Waals surface area contributed by atoms with Gasteiger partial charge in [0.05, 0.1) is 41.8 Å². The van der Waals surface area contributed by atoms with E-state index in [1.165, 1.54) is 31.5 Å². The Hall–Kier alpha value is -4.81. The van der Waals surface area contributed by atoms with Gasteiger partial charge < -0.3 is 10.1 Å². The molecule has 0 aliphatic rings. The number of amides is 1. The zero-order chi connectivity index (χ0) is 24.6. The maximum absolute atomic E-state index is 13.9. The van der Waals surface area contributed by atoms with Crippen molar-refractivity contribution in [3.05, 3.63) is 78.5 Å². The fraction of sp³-hybridized carbons (Fsp3) is 0.0909. The van der Waals surface area contributed by atoms with E-state index in [2.05, 4.69) is 30.6 Å². The van der Waals surface area contributed by atoms with E-state index in [-0.39, 0.29) is 17.4 Å². The molecular formula is C22H15F3N8O2. The van der Waals surface area contributed by atoms with Crippen molar-refractivity contribution < 1.29 is 22.7 Å². The number of halogens is 3. The molecule has 1 aromatic carbocycles. The number of imidazole rings is 1. The Labute approximate surface area is 195 Å². The van der Waals surface area contributed by atoms with Crippen LogP contribution >= 0.6 is 0 Å². The molecule has 0 spiro atoms. The second kappa shape index (κ2) is 8.52. The topological polar surface area (TPSA) is 113 Å². The van der Waals surface area contributed by atoms with Crippen molar-refractivity contribution in [3.8, 4) is 17.5 Å². The normalized spacial score (nSPS) is 11.5. The number of alkyl halides is 3. The average Bonchev–Trinajstić information content (AvgIpc) is 3.50. The molecule has 35 heavy (non-hydrogen) atoms. The summed E-state index contributed by atoms with van der Waals surface area (Å²) in [4.78, 5) is 21.3. The van der Waals surface area contributed by atoms with Crippen LogP contribution in [0.4, 0.5) is 18.9 Å². The van der Waals surface area contributed by atoms with Crippen molar-refractivity contribution in [1.29, 1.82) is 0 Å².